The minimum Gasteiger partial charge on any atom is -0.484 e. The van der Waals surface area contributed by atoms with E-state index in [1.165, 1.54) is 0 Å². The van der Waals surface area contributed by atoms with Gasteiger partial charge in [-0.1, -0.05) is 23.7 Å². The number of hydrogen-bond acceptors (Lipinski definition) is 4. The highest BCUT2D eigenvalue weighted by atomic mass is 79.9. The number of ether oxygens (including phenoxy) is 1. The lowest BCUT2D eigenvalue weighted by molar-refractivity contribution is -0.123. The van der Waals surface area contributed by atoms with Crippen molar-refractivity contribution in [2.75, 3.05) is 6.61 Å². The smallest absolute Gasteiger partial charge is 0.276 e. The molecule has 0 bridgehead atoms. The minimum atomic E-state index is -0.465. The molecular formula is C16H13BrClN3O3S. The van der Waals surface area contributed by atoms with Crippen LogP contribution in [0.15, 0.2) is 53.0 Å². The average molecular weight is 443 g/mol. The Kier molecular flexibility index (Phi) is 7.17. The second kappa shape index (κ2) is 9.36. The van der Waals surface area contributed by atoms with Crippen LogP contribution < -0.4 is 20.9 Å². The maximum Gasteiger partial charge on any atom is 0.276 e. The number of amides is 2. The minimum absolute atomic E-state index is 0.0411. The van der Waals surface area contributed by atoms with Crippen LogP contribution in [-0.4, -0.2) is 23.5 Å². The van der Waals surface area contributed by atoms with Gasteiger partial charge in [-0.25, -0.2) is 0 Å². The van der Waals surface area contributed by atoms with Crippen molar-refractivity contribution in [3.63, 3.8) is 0 Å². The van der Waals surface area contributed by atoms with Crippen molar-refractivity contribution in [2.24, 2.45) is 0 Å². The van der Waals surface area contributed by atoms with Crippen molar-refractivity contribution in [1.29, 1.82) is 0 Å². The Morgan fingerprint density at radius 2 is 1.76 bits per heavy atom. The molecule has 0 aliphatic carbocycles. The van der Waals surface area contributed by atoms with Crippen LogP contribution in [0, 0.1) is 0 Å². The molecule has 6 nitrogen and oxygen atoms in total. The Bertz CT molecular complexity index is 786. The predicted molar refractivity (Wildman–Crippen MR) is 102 cm³/mol. The van der Waals surface area contributed by atoms with E-state index in [-0.39, 0.29) is 11.7 Å². The Balaban J connectivity index is 1.74. The van der Waals surface area contributed by atoms with Crippen LogP contribution in [0.1, 0.15) is 10.4 Å². The van der Waals surface area contributed by atoms with Gasteiger partial charge in [-0.3, -0.25) is 25.8 Å². The summed E-state index contributed by atoms with van der Waals surface area (Å²) in [5.41, 5.74) is 5.18. The lowest BCUT2D eigenvalue weighted by Gasteiger charge is -2.12. The fourth-order valence-corrected chi connectivity index (χ4v) is 2.42. The number of thiocarbonyl (C=S) groups is 1. The first-order valence-corrected chi connectivity index (χ1v) is 8.56. The normalized spacial score (nSPS) is 9.84. The fourth-order valence-electron chi connectivity index (χ4n) is 1.69. The summed E-state index contributed by atoms with van der Waals surface area (Å²) in [7, 11) is 0. The van der Waals surface area contributed by atoms with Crippen molar-refractivity contribution >= 4 is 56.7 Å². The molecule has 9 heteroatoms. The van der Waals surface area contributed by atoms with E-state index in [2.05, 4.69) is 32.1 Å². The summed E-state index contributed by atoms with van der Waals surface area (Å²) in [5.74, 6) is -0.367. The number of hydrazine groups is 1. The second-order valence-electron chi connectivity index (χ2n) is 4.68. The number of rotatable bonds is 4. The maximum absolute atomic E-state index is 12.0. The molecule has 2 aromatic carbocycles. The molecule has 130 valence electrons. The summed E-state index contributed by atoms with van der Waals surface area (Å²) in [4.78, 5) is 23.7. The van der Waals surface area contributed by atoms with Crippen molar-refractivity contribution in [1.82, 2.24) is 16.2 Å². The third-order valence-corrected chi connectivity index (χ3v) is 3.99. The number of benzene rings is 2. The van der Waals surface area contributed by atoms with Gasteiger partial charge in [0.05, 0.1) is 5.56 Å². The highest BCUT2D eigenvalue weighted by Crippen LogP contribution is 2.16. The summed E-state index contributed by atoms with van der Waals surface area (Å²) in [6, 6.07) is 13.5. The molecule has 2 aromatic rings. The van der Waals surface area contributed by atoms with Gasteiger partial charge in [0, 0.05) is 9.50 Å². The Morgan fingerprint density at radius 1 is 1.08 bits per heavy atom. The molecule has 2 rings (SSSR count). The molecule has 0 aliphatic heterocycles. The summed E-state index contributed by atoms with van der Waals surface area (Å²) < 4.78 is 5.91. The van der Waals surface area contributed by atoms with Gasteiger partial charge in [0.1, 0.15) is 5.75 Å². The molecule has 0 spiro atoms. The number of carbonyl (C=O) groups is 2. The van der Waals surface area contributed by atoms with Gasteiger partial charge < -0.3 is 4.74 Å². The number of nitrogens with one attached hydrogen (secondary N) is 3. The third kappa shape index (κ3) is 6.33. The molecule has 2 amide bonds. The molecule has 0 aromatic heterocycles. The van der Waals surface area contributed by atoms with Crippen LogP contribution in [0.4, 0.5) is 0 Å². The lowest BCUT2D eigenvalue weighted by atomic mass is 10.2. The molecule has 0 atom stereocenters. The van der Waals surface area contributed by atoms with Crippen LogP contribution in [-0.2, 0) is 4.79 Å². The zero-order chi connectivity index (χ0) is 18.2. The van der Waals surface area contributed by atoms with E-state index >= 15 is 0 Å². The summed E-state index contributed by atoms with van der Waals surface area (Å²) in [6.07, 6.45) is 0. The summed E-state index contributed by atoms with van der Waals surface area (Å²) in [6.45, 7) is -0.227. The Hall–Kier alpha value is -2.16. The van der Waals surface area contributed by atoms with Gasteiger partial charge in [-0.2, -0.15) is 0 Å². The molecule has 3 N–H and O–H groups in total. The first-order valence-electron chi connectivity index (χ1n) is 6.99. The second-order valence-corrected chi connectivity index (χ2v) is 6.38. The molecule has 0 heterocycles. The highest BCUT2D eigenvalue weighted by Gasteiger charge is 2.11. The zero-order valence-corrected chi connectivity index (χ0v) is 15.9. The van der Waals surface area contributed by atoms with Crippen molar-refractivity contribution in [3.8, 4) is 5.75 Å². The highest BCUT2D eigenvalue weighted by molar-refractivity contribution is 9.10. The van der Waals surface area contributed by atoms with E-state index in [0.717, 1.165) is 0 Å². The quantitative estimate of drug-likeness (QED) is 0.501. The van der Waals surface area contributed by atoms with Crippen molar-refractivity contribution < 1.29 is 14.3 Å². The van der Waals surface area contributed by atoms with Crippen molar-refractivity contribution in [3.05, 3.63) is 63.6 Å². The largest absolute Gasteiger partial charge is 0.484 e. The Morgan fingerprint density at radius 3 is 2.44 bits per heavy atom. The molecule has 0 aliphatic rings. The van der Waals surface area contributed by atoms with Crippen LogP contribution in [0.5, 0.6) is 5.75 Å². The third-order valence-electron chi connectivity index (χ3n) is 2.84. The van der Waals surface area contributed by atoms with Gasteiger partial charge >= 0.3 is 0 Å². The Labute approximate surface area is 163 Å². The van der Waals surface area contributed by atoms with Crippen LogP contribution in [0.3, 0.4) is 0 Å². The van der Waals surface area contributed by atoms with Crippen LogP contribution in [0.2, 0.25) is 5.02 Å². The molecule has 0 saturated heterocycles. The van der Waals surface area contributed by atoms with Gasteiger partial charge in [0.15, 0.2) is 11.7 Å². The molecule has 0 saturated carbocycles. The van der Waals surface area contributed by atoms with E-state index in [4.69, 9.17) is 28.6 Å². The number of halogens is 2. The topological polar surface area (TPSA) is 79.5 Å². The number of hydrogen-bond donors (Lipinski definition) is 3. The standard InChI is InChI=1S/C16H13BrClN3O3S/c17-13-4-2-1-3-12(13)15(23)19-16(25)21-20-14(22)9-24-11-7-5-10(18)6-8-11/h1-8H,9H2,(H,20,22)(H2,19,21,23,25). The molecule has 0 unspecified atom stereocenters. The molecule has 0 fully saturated rings. The van der Waals surface area contributed by atoms with E-state index in [9.17, 15) is 9.59 Å². The van der Waals surface area contributed by atoms with E-state index in [1.807, 2.05) is 0 Å². The maximum atomic E-state index is 12.0. The summed E-state index contributed by atoms with van der Waals surface area (Å²) in [5, 5.41) is 2.99. The van der Waals surface area contributed by atoms with Crippen LogP contribution >= 0.6 is 39.7 Å². The summed E-state index contributed by atoms with van der Waals surface area (Å²) >= 11 is 14.0. The predicted octanol–water partition coefficient (Wildman–Crippen LogP) is 2.82. The molecule has 25 heavy (non-hydrogen) atoms. The van der Waals surface area contributed by atoms with E-state index in [1.54, 1.807) is 48.5 Å². The lowest BCUT2D eigenvalue weighted by Crippen LogP contribution is -2.49. The zero-order valence-electron chi connectivity index (χ0n) is 12.7. The first kappa shape index (κ1) is 19.2. The SMILES string of the molecule is O=C(COc1ccc(Cl)cc1)NNC(=S)NC(=O)c1ccccc1Br. The van der Waals surface area contributed by atoms with Crippen LogP contribution in [0.25, 0.3) is 0 Å². The fraction of sp³-hybridized carbons (Fsp3) is 0.0625. The first-order chi connectivity index (χ1) is 12.0. The average Bonchev–Trinajstić information content (AvgIpc) is 2.59. The number of carbonyl (C=O) groups excluding carboxylic acids is 2. The van der Waals surface area contributed by atoms with Gasteiger partial charge in [-0.15, -0.1) is 0 Å². The molecular weight excluding hydrogens is 430 g/mol. The molecule has 0 radical (unpaired) electrons. The van der Waals surface area contributed by atoms with Crippen molar-refractivity contribution in [2.45, 2.75) is 0 Å². The van der Waals surface area contributed by atoms with Gasteiger partial charge in [0.2, 0.25) is 0 Å². The van der Waals surface area contributed by atoms with Gasteiger partial charge in [0.25, 0.3) is 11.8 Å². The monoisotopic (exact) mass is 441 g/mol. The van der Waals surface area contributed by atoms with E-state index in [0.29, 0.717) is 20.8 Å². The van der Waals surface area contributed by atoms with Gasteiger partial charge in [-0.05, 0) is 64.5 Å². The van der Waals surface area contributed by atoms with E-state index < -0.39 is 11.8 Å².